The van der Waals surface area contributed by atoms with Crippen LogP contribution in [0.5, 0.6) is 0 Å². The summed E-state index contributed by atoms with van der Waals surface area (Å²) in [6.07, 6.45) is 5.19. The first kappa shape index (κ1) is 18.0. The Morgan fingerprint density at radius 3 is 2.62 bits per heavy atom. The van der Waals surface area contributed by atoms with Crippen molar-refractivity contribution in [3.8, 4) is 0 Å². The lowest BCUT2D eigenvalue weighted by Gasteiger charge is -2.31. The van der Waals surface area contributed by atoms with E-state index < -0.39 is 0 Å². The van der Waals surface area contributed by atoms with Gasteiger partial charge < -0.3 is 5.32 Å². The van der Waals surface area contributed by atoms with Crippen LogP contribution >= 0.6 is 15.9 Å². The van der Waals surface area contributed by atoms with Gasteiger partial charge >= 0.3 is 0 Å². The standard InChI is InChI=1S/C18H26BrNO/c1-5-7-10-13-20-17(21)16(18(3,4)6-2)14-11-8-9-12-15(14)19/h6,8-9,11-12,16H,2,5,7,10,13H2,1,3-4H3,(H,20,21). The van der Waals surface area contributed by atoms with Crippen LogP contribution in [0.3, 0.4) is 0 Å². The first-order valence-corrected chi connectivity index (χ1v) is 8.39. The van der Waals surface area contributed by atoms with Crippen LogP contribution in [0, 0.1) is 5.41 Å². The number of allylic oxidation sites excluding steroid dienone is 1. The number of benzene rings is 1. The molecule has 1 aromatic rings. The maximum atomic E-state index is 12.7. The van der Waals surface area contributed by atoms with Crippen LogP contribution in [0.1, 0.15) is 51.5 Å². The van der Waals surface area contributed by atoms with E-state index in [1.165, 1.54) is 0 Å². The predicted molar refractivity (Wildman–Crippen MR) is 93.4 cm³/mol. The topological polar surface area (TPSA) is 29.1 Å². The highest BCUT2D eigenvalue weighted by Crippen LogP contribution is 2.39. The van der Waals surface area contributed by atoms with E-state index in [2.05, 4.69) is 48.6 Å². The second-order valence-corrected chi connectivity index (χ2v) is 6.83. The minimum absolute atomic E-state index is 0.0721. The lowest BCUT2D eigenvalue weighted by atomic mass is 9.74. The SMILES string of the molecule is C=CC(C)(C)C(C(=O)NCCCCC)c1ccccc1Br. The van der Waals surface area contributed by atoms with Crippen LogP contribution in [-0.2, 0) is 4.79 Å². The van der Waals surface area contributed by atoms with Crippen LogP contribution in [0.2, 0.25) is 0 Å². The van der Waals surface area contributed by atoms with Crippen molar-refractivity contribution in [1.82, 2.24) is 5.32 Å². The summed E-state index contributed by atoms with van der Waals surface area (Å²) in [5.41, 5.74) is 0.703. The van der Waals surface area contributed by atoms with Gasteiger partial charge in [-0.3, -0.25) is 4.79 Å². The van der Waals surface area contributed by atoms with Gasteiger partial charge in [-0.05, 0) is 23.5 Å². The van der Waals surface area contributed by atoms with Gasteiger partial charge in [0, 0.05) is 11.0 Å². The Hall–Kier alpha value is -1.09. The molecule has 0 spiro atoms. The van der Waals surface area contributed by atoms with Gasteiger partial charge in [-0.15, -0.1) is 6.58 Å². The molecule has 0 fully saturated rings. The molecule has 1 amide bonds. The Labute approximate surface area is 137 Å². The van der Waals surface area contributed by atoms with Gasteiger partial charge in [0.25, 0.3) is 0 Å². The number of nitrogens with one attached hydrogen (secondary N) is 1. The van der Waals surface area contributed by atoms with Gasteiger partial charge in [0.05, 0.1) is 5.92 Å². The molecule has 0 saturated heterocycles. The molecule has 0 heterocycles. The zero-order valence-electron chi connectivity index (χ0n) is 13.3. The van der Waals surface area contributed by atoms with Crippen molar-refractivity contribution in [2.75, 3.05) is 6.54 Å². The molecule has 1 rings (SSSR count). The Morgan fingerprint density at radius 1 is 1.38 bits per heavy atom. The number of carbonyl (C=O) groups excluding carboxylic acids is 1. The lowest BCUT2D eigenvalue weighted by molar-refractivity contribution is -0.124. The molecule has 0 aliphatic carbocycles. The Balaban J connectivity index is 2.96. The van der Waals surface area contributed by atoms with Crippen molar-refractivity contribution in [3.05, 3.63) is 47.0 Å². The molecule has 0 aliphatic rings. The quantitative estimate of drug-likeness (QED) is 0.515. The first-order chi connectivity index (χ1) is 9.94. The molecule has 0 saturated carbocycles. The van der Waals surface area contributed by atoms with Gasteiger partial charge in [0.15, 0.2) is 0 Å². The largest absolute Gasteiger partial charge is 0.356 e. The Kier molecular flexibility index (Phi) is 7.16. The number of halogens is 1. The zero-order valence-corrected chi connectivity index (χ0v) is 14.9. The van der Waals surface area contributed by atoms with Crippen LogP contribution in [0.25, 0.3) is 0 Å². The molecule has 0 radical (unpaired) electrons. The highest BCUT2D eigenvalue weighted by atomic mass is 79.9. The molecule has 0 bridgehead atoms. The molecule has 1 unspecified atom stereocenters. The summed E-state index contributed by atoms with van der Waals surface area (Å²) in [5, 5.41) is 3.08. The summed E-state index contributed by atoms with van der Waals surface area (Å²) in [4.78, 5) is 12.7. The molecule has 21 heavy (non-hydrogen) atoms. The summed E-state index contributed by atoms with van der Waals surface area (Å²) >= 11 is 3.57. The second kappa shape index (κ2) is 8.38. The Bertz CT molecular complexity index is 482. The highest BCUT2D eigenvalue weighted by Gasteiger charge is 2.35. The molecular weight excluding hydrogens is 326 g/mol. The molecule has 1 atom stereocenters. The van der Waals surface area contributed by atoms with Crippen molar-refractivity contribution in [2.24, 2.45) is 5.41 Å². The second-order valence-electron chi connectivity index (χ2n) is 5.98. The molecule has 116 valence electrons. The van der Waals surface area contributed by atoms with Crippen LogP contribution in [0.4, 0.5) is 0 Å². The van der Waals surface area contributed by atoms with Crippen LogP contribution in [-0.4, -0.2) is 12.5 Å². The molecule has 2 nitrogen and oxygen atoms in total. The zero-order chi connectivity index (χ0) is 15.9. The number of carbonyl (C=O) groups is 1. The monoisotopic (exact) mass is 351 g/mol. The smallest absolute Gasteiger partial charge is 0.228 e. The van der Waals surface area contributed by atoms with E-state index in [9.17, 15) is 4.79 Å². The fourth-order valence-electron chi connectivity index (χ4n) is 2.40. The molecular formula is C18H26BrNO. The van der Waals surface area contributed by atoms with Gasteiger partial charge in [-0.2, -0.15) is 0 Å². The summed E-state index contributed by atoms with van der Waals surface area (Å²) in [5.74, 6) is -0.171. The number of unbranched alkanes of at least 4 members (excludes halogenated alkanes) is 2. The minimum Gasteiger partial charge on any atom is -0.356 e. The van der Waals surface area contributed by atoms with Crippen molar-refractivity contribution in [1.29, 1.82) is 0 Å². The van der Waals surface area contributed by atoms with Crippen molar-refractivity contribution in [2.45, 2.75) is 46.0 Å². The van der Waals surface area contributed by atoms with Gasteiger partial charge in [0.2, 0.25) is 5.91 Å². The third-order valence-corrected chi connectivity index (χ3v) is 4.55. The van der Waals surface area contributed by atoms with E-state index in [0.29, 0.717) is 0 Å². The third kappa shape index (κ3) is 4.99. The fraction of sp³-hybridized carbons (Fsp3) is 0.500. The van der Waals surface area contributed by atoms with Crippen molar-refractivity contribution in [3.63, 3.8) is 0 Å². The van der Waals surface area contributed by atoms with Gasteiger partial charge in [-0.1, -0.05) is 73.8 Å². The van der Waals surface area contributed by atoms with E-state index in [0.717, 1.165) is 35.8 Å². The minimum atomic E-state index is -0.307. The Morgan fingerprint density at radius 2 is 2.05 bits per heavy atom. The van der Waals surface area contributed by atoms with E-state index in [-0.39, 0.29) is 17.2 Å². The maximum Gasteiger partial charge on any atom is 0.228 e. The van der Waals surface area contributed by atoms with E-state index in [4.69, 9.17) is 0 Å². The molecule has 3 heteroatoms. The van der Waals surface area contributed by atoms with E-state index >= 15 is 0 Å². The van der Waals surface area contributed by atoms with Gasteiger partial charge in [0.1, 0.15) is 0 Å². The highest BCUT2D eigenvalue weighted by molar-refractivity contribution is 9.10. The van der Waals surface area contributed by atoms with Crippen molar-refractivity contribution >= 4 is 21.8 Å². The first-order valence-electron chi connectivity index (χ1n) is 7.59. The lowest BCUT2D eigenvalue weighted by Crippen LogP contribution is -2.37. The molecule has 1 N–H and O–H groups in total. The molecule has 1 aromatic carbocycles. The van der Waals surface area contributed by atoms with Crippen LogP contribution < -0.4 is 5.32 Å². The van der Waals surface area contributed by atoms with E-state index in [1.54, 1.807) is 0 Å². The third-order valence-electron chi connectivity index (χ3n) is 3.83. The molecule has 0 aliphatic heterocycles. The maximum absolute atomic E-state index is 12.7. The number of amides is 1. The van der Waals surface area contributed by atoms with Crippen LogP contribution in [0.15, 0.2) is 41.4 Å². The fourth-order valence-corrected chi connectivity index (χ4v) is 2.91. The average molecular weight is 352 g/mol. The van der Waals surface area contributed by atoms with Gasteiger partial charge in [-0.25, -0.2) is 0 Å². The average Bonchev–Trinajstić information content (AvgIpc) is 2.46. The molecule has 0 aromatic heterocycles. The van der Waals surface area contributed by atoms with E-state index in [1.807, 2.05) is 30.3 Å². The normalized spacial score (nSPS) is 12.8. The summed E-state index contributed by atoms with van der Waals surface area (Å²) in [6.45, 7) is 10.9. The number of hydrogen-bond donors (Lipinski definition) is 1. The number of hydrogen-bond acceptors (Lipinski definition) is 1. The summed E-state index contributed by atoms with van der Waals surface area (Å²) in [7, 11) is 0. The predicted octanol–water partition coefficient (Wildman–Crippen LogP) is 5.05. The van der Waals surface area contributed by atoms with Crippen molar-refractivity contribution < 1.29 is 4.79 Å². The summed E-state index contributed by atoms with van der Waals surface area (Å²) < 4.78 is 0.966. The summed E-state index contributed by atoms with van der Waals surface area (Å²) in [6, 6.07) is 7.92. The number of rotatable bonds is 8.